The van der Waals surface area contributed by atoms with Crippen LogP contribution in [0.4, 0.5) is 0 Å². The van der Waals surface area contributed by atoms with Gasteiger partial charge in [-0.25, -0.2) is 0 Å². The Morgan fingerprint density at radius 3 is 2.04 bits per heavy atom. The molecule has 14 nitrogen and oxygen atoms in total. The number of rotatable bonds is 21. The summed E-state index contributed by atoms with van der Waals surface area (Å²) in [6.07, 6.45) is 3.78. The van der Waals surface area contributed by atoms with Crippen molar-refractivity contribution in [3.05, 3.63) is 35.9 Å². The van der Waals surface area contributed by atoms with E-state index in [0.717, 1.165) is 5.56 Å². The number of carbonyl (C=O) groups excluding carboxylic acids is 6. The normalized spacial score (nSPS) is 17.5. The number of nitrogens with one attached hydrogen (secondary N) is 4. The number of nitrogens with zero attached hydrogens (tertiary/aromatic N) is 1. The molecule has 1 aromatic rings. The standard InChI is InChI=1S/C35H58N8O6/c1-22(2)19-26(38)31(45)40-27(13-8-16-36)32(46)42-30(23(3)4)34(48)41-28(14-9-17-37)35(49)43-18-10-15-29(43)33(47)39-25(21-44)20-24-11-6-5-7-12-24/h5-7,11-12,21-23,25-30H,8-10,13-20,36-38H2,1-4H3,(H,39,47)(H,40,45)(H,41,48)(H,42,46)/t25-,26+,27+,28+,29+,30+/m1/s1. The first kappa shape index (κ1) is 41.3. The van der Waals surface area contributed by atoms with E-state index in [2.05, 4.69) is 21.3 Å². The molecule has 6 atom stereocenters. The fourth-order valence-electron chi connectivity index (χ4n) is 5.90. The minimum atomic E-state index is -1.04. The molecule has 1 aromatic carbocycles. The number of hydrogen-bond donors (Lipinski definition) is 7. The highest BCUT2D eigenvalue weighted by atomic mass is 16.2. The average Bonchev–Trinajstić information content (AvgIpc) is 3.56. The van der Waals surface area contributed by atoms with Crippen LogP contribution in [0.5, 0.6) is 0 Å². The number of carbonyl (C=O) groups is 6. The molecule has 0 unspecified atom stereocenters. The summed E-state index contributed by atoms with van der Waals surface area (Å²) in [5, 5.41) is 11.1. The number of hydrogen-bond acceptors (Lipinski definition) is 9. The maximum absolute atomic E-state index is 13.9. The lowest BCUT2D eigenvalue weighted by atomic mass is 10.00. The maximum Gasteiger partial charge on any atom is 0.245 e. The lowest BCUT2D eigenvalue weighted by molar-refractivity contribution is -0.142. The zero-order chi connectivity index (χ0) is 36.5. The summed E-state index contributed by atoms with van der Waals surface area (Å²) in [4.78, 5) is 80.4. The summed E-state index contributed by atoms with van der Waals surface area (Å²) in [6.45, 7) is 8.28. The molecule has 1 fully saturated rings. The van der Waals surface area contributed by atoms with Crippen LogP contribution in [0.2, 0.25) is 0 Å². The van der Waals surface area contributed by atoms with Gasteiger partial charge in [0.15, 0.2) is 0 Å². The molecule has 0 aromatic heterocycles. The Labute approximate surface area is 290 Å². The Balaban J connectivity index is 2.17. The number of amides is 5. The van der Waals surface area contributed by atoms with Crippen molar-refractivity contribution < 1.29 is 28.8 Å². The van der Waals surface area contributed by atoms with Crippen molar-refractivity contribution >= 4 is 35.8 Å². The van der Waals surface area contributed by atoms with Gasteiger partial charge < -0.3 is 48.2 Å². The minimum Gasteiger partial charge on any atom is -0.344 e. The van der Waals surface area contributed by atoms with Crippen LogP contribution >= 0.6 is 0 Å². The van der Waals surface area contributed by atoms with Gasteiger partial charge in [0.05, 0.1) is 12.1 Å². The van der Waals surface area contributed by atoms with E-state index in [9.17, 15) is 28.8 Å². The van der Waals surface area contributed by atoms with Crippen molar-refractivity contribution in [2.45, 2.75) is 115 Å². The largest absolute Gasteiger partial charge is 0.344 e. The first-order valence-corrected chi connectivity index (χ1v) is 17.5. The molecule has 5 amide bonds. The molecule has 1 aliphatic heterocycles. The fraction of sp³-hybridized carbons (Fsp3) is 0.657. The molecule has 274 valence electrons. The van der Waals surface area contributed by atoms with Gasteiger partial charge in [0.1, 0.15) is 30.5 Å². The number of aldehydes is 1. The highest BCUT2D eigenvalue weighted by molar-refractivity contribution is 5.96. The summed E-state index contributed by atoms with van der Waals surface area (Å²) >= 11 is 0. The molecule has 2 rings (SSSR count). The van der Waals surface area contributed by atoms with Crippen molar-refractivity contribution in [1.29, 1.82) is 0 Å². The first-order chi connectivity index (χ1) is 23.3. The van der Waals surface area contributed by atoms with Crippen LogP contribution in [-0.4, -0.2) is 96.6 Å². The molecular formula is C35H58N8O6. The molecular weight excluding hydrogens is 628 g/mol. The highest BCUT2D eigenvalue weighted by Crippen LogP contribution is 2.20. The highest BCUT2D eigenvalue weighted by Gasteiger charge is 2.39. The van der Waals surface area contributed by atoms with E-state index < -0.39 is 65.8 Å². The fourth-order valence-corrected chi connectivity index (χ4v) is 5.90. The molecule has 10 N–H and O–H groups in total. The second kappa shape index (κ2) is 21.3. The van der Waals surface area contributed by atoms with Crippen molar-refractivity contribution in [1.82, 2.24) is 26.2 Å². The van der Waals surface area contributed by atoms with Gasteiger partial charge in [0, 0.05) is 6.54 Å². The zero-order valence-corrected chi connectivity index (χ0v) is 29.5. The predicted molar refractivity (Wildman–Crippen MR) is 188 cm³/mol. The third-order valence-electron chi connectivity index (χ3n) is 8.58. The molecule has 1 saturated heterocycles. The Morgan fingerprint density at radius 1 is 0.857 bits per heavy atom. The zero-order valence-electron chi connectivity index (χ0n) is 29.5. The summed E-state index contributed by atoms with van der Waals surface area (Å²) in [5.74, 6) is -2.68. The average molecular weight is 687 g/mol. The van der Waals surface area contributed by atoms with E-state index in [1.165, 1.54) is 4.90 Å². The van der Waals surface area contributed by atoms with Crippen molar-refractivity contribution in [3.8, 4) is 0 Å². The number of likely N-dealkylation sites (tertiary alicyclic amines) is 1. The molecule has 0 saturated carbocycles. The molecule has 0 aliphatic carbocycles. The van der Waals surface area contributed by atoms with E-state index in [1.54, 1.807) is 13.8 Å². The Hall–Kier alpha value is -3.88. The SMILES string of the molecule is CC(C)C[C@H](N)C(=O)N[C@@H](CCCN)C(=O)N[C@H](C(=O)N[C@@H](CCCN)C(=O)N1CCC[C@H]1C(=O)N[C@@H](C=O)Cc1ccccc1)C(C)C. The maximum atomic E-state index is 13.9. The van der Waals surface area contributed by atoms with Crippen LogP contribution in [-0.2, 0) is 35.2 Å². The van der Waals surface area contributed by atoms with E-state index >= 15 is 0 Å². The predicted octanol–water partition coefficient (Wildman–Crippen LogP) is -0.135. The van der Waals surface area contributed by atoms with Crippen LogP contribution in [0.25, 0.3) is 0 Å². The van der Waals surface area contributed by atoms with Crippen LogP contribution < -0.4 is 38.5 Å². The van der Waals surface area contributed by atoms with E-state index in [-0.39, 0.29) is 31.2 Å². The van der Waals surface area contributed by atoms with Gasteiger partial charge in [0.2, 0.25) is 29.5 Å². The van der Waals surface area contributed by atoms with Crippen molar-refractivity contribution in [2.24, 2.45) is 29.0 Å². The molecule has 0 bridgehead atoms. The topological polar surface area (TPSA) is 232 Å². The van der Waals surface area contributed by atoms with Gasteiger partial charge in [-0.05, 0) is 81.9 Å². The third-order valence-corrected chi connectivity index (χ3v) is 8.58. The minimum absolute atomic E-state index is 0.180. The van der Waals surface area contributed by atoms with Crippen LogP contribution in [0.1, 0.15) is 78.2 Å². The van der Waals surface area contributed by atoms with Gasteiger partial charge in [-0.2, -0.15) is 0 Å². The van der Waals surface area contributed by atoms with E-state index in [4.69, 9.17) is 17.2 Å². The summed E-state index contributed by atoms with van der Waals surface area (Å²) in [6, 6.07) is 3.93. The van der Waals surface area contributed by atoms with Gasteiger partial charge in [-0.3, -0.25) is 24.0 Å². The molecule has 14 heteroatoms. The summed E-state index contributed by atoms with van der Waals surface area (Å²) in [7, 11) is 0. The first-order valence-electron chi connectivity index (χ1n) is 17.5. The molecule has 0 radical (unpaired) electrons. The molecule has 1 heterocycles. The third kappa shape index (κ3) is 13.5. The number of nitrogens with two attached hydrogens (primary N) is 3. The van der Waals surface area contributed by atoms with Gasteiger partial charge in [0.25, 0.3) is 0 Å². The summed E-state index contributed by atoms with van der Waals surface area (Å²) in [5.41, 5.74) is 18.4. The van der Waals surface area contributed by atoms with Crippen LogP contribution in [0, 0.1) is 11.8 Å². The van der Waals surface area contributed by atoms with Gasteiger partial charge in [-0.1, -0.05) is 58.0 Å². The molecule has 1 aliphatic rings. The number of benzene rings is 1. The Morgan fingerprint density at radius 2 is 1.47 bits per heavy atom. The van der Waals surface area contributed by atoms with Crippen molar-refractivity contribution in [2.75, 3.05) is 19.6 Å². The Kier molecular flexibility index (Phi) is 17.9. The Bertz CT molecular complexity index is 1230. The molecule has 49 heavy (non-hydrogen) atoms. The molecule has 0 spiro atoms. The second-order valence-corrected chi connectivity index (χ2v) is 13.6. The van der Waals surface area contributed by atoms with E-state index in [1.807, 2.05) is 44.2 Å². The monoisotopic (exact) mass is 686 g/mol. The van der Waals surface area contributed by atoms with Crippen molar-refractivity contribution in [3.63, 3.8) is 0 Å². The lowest BCUT2D eigenvalue weighted by Crippen LogP contribution is -2.60. The van der Waals surface area contributed by atoms with E-state index in [0.29, 0.717) is 57.9 Å². The smallest absolute Gasteiger partial charge is 0.245 e. The second-order valence-electron chi connectivity index (χ2n) is 13.6. The quantitative estimate of drug-likeness (QED) is 0.0853. The van der Waals surface area contributed by atoms with Gasteiger partial charge in [-0.15, -0.1) is 0 Å². The van der Waals surface area contributed by atoms with Crippen LogP contribution in [0.3, 0.4) is 0 Å². The van der Waals surface area contributed by atoms with Crippen LogP contribution in [0.15, 0.2) is 30.3 Å². The lowest BCUT2D eigenvalue weighted by Gasteiger charge is -2.31. The van der Waals surface area contributed by atoms with Gasteiger partial charge >= 0.3 is 0 Å². The summed E-state index contributed by atoms with van der Waals surface area (Å²) < 4.78 is 0.